The molecule has 17 heavy (non-hydrogen) atoms. The molecule has 0 radical (unpaired) electrons. The summed E-state index contributed by atoms with van der Waals surface area (Å²) < 4.78 is 8.93. The highest BCUT2D eigenvalue weighted by Crippen LogP contribution is 2.17. The summed E-state index contributed by atoms with van der Waals surface area (Å²) in [6, 6.07) is 4.71. The van der Waals surface area contributed by atoms with Gasteiger partial charge in [-0.2, -0.15) is 0 Å². The van der Waals surface area contributed by atoms with Crippen LogP contribution in [-0.4, -0.2) is 26.2 Å². The molecule has 0 aliphatic rings. The lowest BCUT2D eigenvalue weighted by Crippen LogP contribution is -2.07. The largest absolute Gasteiger partial charge is 0.465 e. The Morgan fingerprint density at radius 3 is 2.53 bits per heavy atom. The van der Waals surface area contributed by atoms with Gasteiger partial charge in [-0.15, -0.1) is 0 Å². The van der Waals surface area contributed by atoms with Gasteiger partial charge in [0, 0.05) is 11.5 Å². The molecule has 1 aromatic carbocycles. The van der Waals surface area contributed by atoms with Gasteiger partial charge in [-0.1, -0.05) is 12.0 Å². The second-order valence-corrected chi connectivity index (χ2v) is 3.00. The zero-order chi connectivity index (χ0) is 12.8. The Hall–Kier alpha value is -2.48. The van der Waals surface area contributed by atoms with E-state index in [9.17, 15) is 9.59 Å². The van der Waals surface area contributed by atoms with Crippen molar-refractivity contribution in [3.8, 4) is 11.8 Å². The molecule has 0 aliphatic heterocycles. The molecule has 0 aromatic heterocycles. The summed E-state index contributed by atoms with van der Waals surface area (Å²) in [7, 11) is 2.49. The van der Waals surface area contributed by atoms with Crippen molar-refractivity contribution in [1.82, 2.24) is 0 Å². The fourth-order valence-electron chi connectivity index (χ4n) is 1.13. The maximum atomic E-state index is 11.3. The number of para-hydroxylation sites is 1. The molecule has 1 aromatic rings. The number of carbonyl (C=O) groups excluding carboxylic acids is 2. The van der Waals surface area contributed by atoms with Crippen molar-refractivity contribution in [2.45, 2.75) is 0 Å². The molecule has 0 unspecified atom stereocenters. The lowest BCUT2D eigenvalue weighted by Gasteiger charge is -2.04. The van der Waals surface area contributed by atoms with E-state index in [1.54, 1.807) is 12.1 Å². The fraction of sp³-hybridized carbons (Fsp3) is 0.167. The Balaban J connectivity index is 3.14. The Labute approximate surface area is 98.5 Å². The summed E-state index contributed by atoms with van der Waals surface area (Å²) in [4.78, 5) is 22.2. The van der Waals surface area contributed by atoms with Gasteiger partial charge in [0.1, 0.15) is 0 Å². The van der Waals surface area contributed by atoms with Gasteiger partial charge in [0.15, 0.2) is 0 Å². The minimum absolute atomic E-state index is 0.177. The highest BCUT2D eigenvalue weighted by molar-refractivity contribution is 5.97. The van der Waals surface area contributed by atoms with E-state index in [0.717, 1.165) is 0 Å². The van der Waals surface area contributed by atoms with Gasteiger partial charge in [-0.3, -0.25) is 0 Å². The van der Waals surface area contributed by atoms with Gasteiger partial charge in [0.05, 0.1) is 25.5 Å². The molecule has 88 valence electrons. The summed E-state index contributed by atoms with van der Waals surface area (Å²) in [5.74, 6) is 3.53. The van der Waals surface area contributed by atoms with Crippen molar-refractivity contribution in [2.75, 3.05) is 20.0 Å². The van der Waals surface area contributed by atoms with Crippen LogP contribution in [0.15, 0.2) is 18.2 Å². The van der Waals surface area contributed by atoms with E-state index in [0.29, 0.717) is 5.56 Å². The predicted molar refractivity (Wildman–Crippen MR) is 61.1 cm³/mol. The highest BCUT2D eigenvalue weighted by atomic mass is 16.5. The van der Waals surface area contributed by atoms with E-state index < -0.39 is 11.9 Å². The number of nitrogen functional groups attached to an aromatic ring is 1. The molecule has 0 bridgehead atoms. The third-order valence-corrected chi connectivity index (χ3v) is 2.00. The van der Waals surface area contributed by atoms with Crippen LogP contribution in [0.5, 0.6) is 0 Å². The van der Waals surface area contributed by atoms with Crippen LogP contribution < -0.4 is 5.73 Å². The molecule has 5 heteroatoms. The molecule has 5 nitrogen and oxygen atoms in total. The first-order chi connectivity index (χ1) is 8.10. The van der Waals surface area contributed by atoms with E-state index >= 15 is 0 Å². The molecule has 0 saturated heterocycles. The Bertz CT molecular complexity index is 511. The first-order valence-corrected chi connectivity index (χ1v) is 4.67. The van der Waals surface area contributed by atoms with Crippen LogP contribution >= 0.6 is 0 Å². The van der Waals surface area contributed by atoms with Crippen LogP contribution in [0.4, 0.5) is 5.69 Å². The van der Waals surface area contributed by atoms with Crippen molar-refractivity contribution in [3.05, 3.63) is 29.3 Å². The maximum absolute atomic E-state index is 11.3. The van der Waals surface area contributed by atoms with Gasteiger partial charge in [0.25, 0.3) is 0 Å². The molecular weight excluding hydrogens is 222 g/mol. The van der Waals surface area contributed by atoms with E-state index in [-0.39, 0.29) is 11.3 Å². The van der Waals surface area contributed by atoms with Crippen LogP contribution in [0.3, 0.4) is 0 Å². The average Bonchev–Trinajstić information content (AvgIpc) is 2.36. The van der Waals surface area contributed by atoms with Crippen LogP contribution in [0, 0.1) is 11.8 Å². The number of rotatable bonds is 1. The minimum Gasteiger partial charge on any atom is -0.465 e. The van der Waals surface area contributed by atoms with Gasteiger partial charge in [0.2, 0.25) is 0 Å². The molecule has 2 N–H and O–H groups in total. The van der Waals surface area contributed by atoms with Crippen LogP contribution in [0.25, 0.3) is 0 Å². The third-order valence-electron chi connectivity index (χ3n) is 2.00. The number of anilines is 1. The summed E-state index contributed by atoms with van der Waals surface area (Å²) in [6.45, 7) is 0. The molecule has 1 rings (SSSR count). The molecule has 0 atom stereocenters. The number of esters is 2. The second kappa shape index (κ2) is 5.56. The predicted octanol–water partition coefficient (Wildman–Crippen LogP) is 0.580. The van der Waals surface area contributed by atoms with E-state index in [2.05, 4.69) is 21.3 Å². The average molecular weight is 233 g/mol. The monoisotopic (exact) mass is 233 g/mol. The first-order valence-electron chi connectivity index (χ1n) is 4.67. The number of hydrogen-bond donors (Lipinski definition) is 1. The smallest absolute Gasteiger partial charge is 0.384 e. The lowest BCUT2D eigenvalue weighted by atomic mass is 10.1. The molecule has 0 heterocycles. The summed E-state index contributed by atoms with van der Waals surface area (Å²) >= 11 is 0. The summed E-state index contributed by atoms with van der Waals surface area (Å²) in [6.07, 6.45) is 0. The van der Waals surface area contributed by atoms with Gasteiger partial charge >= 0.3 is 11.9 Å². The molecule has 0 spiro atoms. The summed E-state index contributed by atoms with van der Waals surface area (Å²) in [5.41, 5.74) is 6.49. The Morgan fingerprint density at radius 2 is 1.94 bits per heavy atom. The molecule has 0 saturated carbocycles. The third kappa shape index (κ3) is 2.98. The second-order valence-electron chi connectivity index (χ2n) is 3.00. The maximum Gasteiger partial charge on any atom is 0.384 e. The normalized spacial score (nSPS) is 8.82. The molecule has 0 amide bonds. The van der Waals surface area contributed by atoms with Gasteiger partial charge in [-0.05, 0) is 12.1 Å². The Kier molecular flexibility index (Phi) is 4.12. The van der Waals surface area contributed by atoms with E-state index in [1.807, 2.05) is 0 Å². The van der Waals surface area contributed by atoms with Crippen LogP contribution in [0.2, 0.25) is 0 Å². The van der Waals surface area contributed by atoms with Crippen molar-refractivity contribution >= 4 is 17.6 Å². The quantitative estimate of drug-likeness (QED) is 0.436. The van der Waals surface area contributed by atoms with Crippen molar-refractivity contribution < 1.29 is 19.1 Å². The highest BCUT2D eigenvalue weighted by Gasteiger charge is 2.11. The zero-order valence-corrected chi connectivity index (χ0v) is 9.44. The van der Waals surface area contributed by atoms with Crippen molar-refractivity contribution in [2.24, 2.45) is 0 Å². The topological polar surface area (TPSA) is 78.6 Å². The standard InChI is InChI=1S/C12H11NO4/c1-16-10(14)7-6-8-4-3-5-9(11(8)13)12(15)17-2/h3-5H,13H2,1-2H3. The molecule has 0 fully saturated rings. The Morgan fingerprint density at radius 1 is 1.24 bits per heavy atom. The number of benzene rings is 1. The lowest BCUT2D eigenvalue weighted by molar-refractivity contribution is -0.133. The summed E-state index contributed by atoms with van der Waals surface area (Å²) in [5, 5.41) is 0. The number of nitrogens with two attached hydrogens (primary N) is 1. The molecular formula is C12H11NO4. The van der Waals surface area contributed by atoms with E-state index in [4.69, 9.17) is 5.73 Å². The van der Waals surface area contributed by atoms with Crippen molar-refractivity contribution in [3.63, 3.8) is 0 Å². The van der Waals surface area contributed by atoms with Crippen LogP contribution in [-0.2, 0) is 14.3 Å². The number of methoxy groups -OCH3 is 2. The first kappa shape index (κ1) is 12.6. The SMILES string of the molecule is COC(=O)C#Cc1cccc(C(=O)OC)c1N. The van der Waals surface area contributed by atoms with Crippen molar-refractivity contribution in [1.29, 1.82) is 0 Å². The van der Waals surface area contributed by atoms with Gasteiger partial charge < -0.3 is 15.2 Å². The van der Waals surface area contributed by atoms with E-state index in [1.165, 1.54) is 20.3 Å². The fourth-order valence-corrected chi connectivity index (χ4v) is 1.13. The zero-order valence-electron chi connectivity index (χ0n) is 9.44. The van der Waals surface area contributed by atoms with Gasteiger partial charge in [-0.25, -0.2) is 9.59 Å². The number of carbonyl (C=O) groups is 2. The molecule has 0 aliphatic carbocycles. The number of ether oxygens (including phenoxy) is 2. The van der Waals surface area contributed by atoms with Crippen LogP contribution in [0.1, 0.15) is 15.9 Å². The number of hydrogen-bond acceptors (Lipinski definition) is 5. The minimum atomic E-state index is -0.673.